The van der Waals surface area contributed by atoms with Crippen molar-refractivity contribution in [2.24, 2.45) is 0 Å². The molecular weight excluding hydrogens is 385 g/mol. The zero-order valence-electron chi connectivity index (χ0n) is 13.3. The Labute approximate surface area is 142 Å². The van der Waals surface area contributed by atoms with E-state index in [-0.39, 0.29) is 5.54 Å². The van der Waals surface area contributed by atoms with E-state index >= 15 is 0 Å². The molecule has 0 saturated carbocycles. The van der Waals surface area contributed by atoms with Crippen LogP contribution >= 0.6 is 22.6 Å². The SMILES string of the molecule is C[Si](C)c1cc(I)cc2c3ccccc3n(C(C)(C)C)c12. The van der Waals surface area contributed by atoms with Crippen molar-refractivity contribution in [1.82, 2.24) is 4.57 Å². The number of nitrogens with zero attached hydrogens (tertiary/aromatic N) is 1. The van der Waals surface area contributed by atoms with Crippen LogP contribution in [0.2, 0.25) is 13.1 Å². The van der Waals surface area contributed by atoms with E-state index in [4.69, 9.17) is 0 Å². The monoisotopic (exact) mass is 406 g/mol. The molecule has 3 heteroatoms. The first-order valence-corrected chi connectivity index (χ1v) is 10.9. The summed E-state index contributed by atoms with van der Waals surface area (Å²) in [5.41, 5.74) is 2.88. The Bertz CT molecular complexity index is 824. The van der Waals surface area contributed by atoms with E-state index in [0.717, 1.165) is 0 Å². The summed E-state index contributed by atoms with van der Waals surface area (Å²) in [4.78, 5) is 0. The van der Waals surface area contributed by atoms with Crippen LogP contribution in [-0.4, -0.2) is 13.4 Å². The normalized spacial score (nSPS) is 12.7. The molecule has 21 heavy (non-hydrogen) atoms. The van der Waals surface area contributed by atoms with E-state index in [1.165, 1.54) is 25.4 Å². The van der Waals surface area contributed by atoms with Gasteiger partial charge in [0, 0.05) is 30.9 Å². The highest BCUT2D eigenvalue weighted by Gasteiger charge is 2.23. The highest BCUT2D eigenvalue weighted by molar-refractivity contribution is 14.1. The van der Waals surface area contributed by atoms with Crippen molar-refractivity contribution in [2.45, 2.75) is 39.4 Å². The molecular formula is C18H21INSi. The predicted octanol–water partition coefficient (Wildman–Crippen LogP) is 5.12. The lowest BCUT2D eigenvalue weighted by Gasteiger charge is -2.26. The maximum Gasteiger partial charge on any atom is 0.0820 e. The number of rotatable bonds is 1. The molecule has 1 aromatic heterocycles. The number of hydrogen-bond donors (Lipinski definition) is 0. The summed E-state index contributed by atoms with van der Waals surface area (Å²) in [5.74, 6) is 0. The number of benzene rings is 2. The van der Waals surface area contributed by atoms with Crippen molar-refractivity contribution in [2.75, 3.05) is 0 Å². The van der Waals surface area contributed by atoms with Gasteiger partial charge in [-0.1, -0.05) is 31.3 Å². The molecule has 3 rings (SSSR count). The van der Waals surface area contributed by atoms with Gasteiger partial charge in [-0.05, 0) is 66.7 Å². The molecule has 109 valence electrons. The average molecular weight is 406 g/mol. The minimum atomic E-state index is -0.514. The van der Waals surface area contributed by atoms with E-state index in [1.807, 2.05) is 0 Å². The van der Waals surface area contributed by atoms with Gasteiger partial charge in [0.05, 0.1) is 8.80 Å². The minimum absolute atomic E-state index is 0.0835. The van der Waals surface area contributed by atoms with Gasteiger partial charge in [0.15, 0.2) is 0 Å². The molecule has 0 aliphatic carbocycles. The van der Waals surface area contributed by atoms with Gasteiger partial charge in [-0.3, -0.25) is 0 Å². The smallest absolute Gasteiger partial charge is 0.0820 e. The molecule has 0 fully saturated rings. The van der Waals surface area contributed by atoms with Crippen LogP contribution in [0.15, 0.2) is 36.4 Å². The summed E-state index contributed by atoms with van der Waals surface area (Å²) in [6.07, 6.45) is 0. The number of halogens is 1. The third-order valence-corrected chi connectivity index (χ3v) is 6.02. The van der Waals surface area contributed by atoms with Crippen LogP contribution in [0.1, 0.15) is 20.8 Å². The lowest BCUT2D eigenvalue weighted by Crippen LogP contribution is -2.30. The summed E-state index contributed by atoms with van der Waals surface area (Å²) >= 11 is 2.46. The van der Waals surface area contributed by atoms with E-state index in [1.54, 1.807) is 5.19 Å². The summed E-state index contributed by atoms with van der Waals surface area (Å²) < 4.78 is 3.89. The largest absolute Gasteiger partial charge is 0.335 e. The Balaban J connectivity index is 2.62. The second kappa shape index (κ2) is 5.13. The summed E-state index contributed by atoms with van der Waals surface area (Å²) in [6, 6.07) is 13.6. The molecule has 0 aliphatic heterocycles. The molecule has 1 heterocycles. The molecule has 0 spiro atoms. The first-order valence-electron chi connectivity index (χ1n) is 7.34. The number of aromatic nitrogens is 1. The van der Waals surface area contributed by atoms with Crippen LogP contribution in [0.5, 0.6) is 0 Å². The second-order valence-corrected chi connectivity index (χ2v) is 10.7. The standard InChI is InChI=1S/C18H21INSi/c1-18(2,3)20-15-9-7-6-8-13(15)14-10-12(19)11-16(17(14)20)21(4)5/h6-11H,1-5H3. The zero-order valence-corrected chi connectivity index (χ0v) is 16.4. The summed E-state index contributed by atoms with van der Waals surface area (Å²) in [7, 11) is -0.514. The number of para-hydroxylation sites is 1. The van der Waals surface area contributed by atoms with Gasteiger partial charge in [-0.25, -0.2) is 0 Å². The van der Waals surface area contributed by atoms with E-state index < -0.39 is 8.80 Å². The molecule has 0 N–H and O–H groups in total. The lowest BCUT2D eigenvalue weighted by molar-refractivity contribution is 0.424. The van der Waals surface area contributed by atoms with Gasteiger partial charge in [0.1, 0.15) is 0 Å². The van der Waals surface area contributed by atoms with Crippen molar-refractivity contribution >= 4 is 58.4 Å². The van der Waals surface area contributed by atoms with Gasteiger partial charge in [-0.2, -0.15) is 0 Å². The predicted molar refractivity (Wildman–Crippen MR) is 104 cm³/mol. The molecule has 0 unspecified atom stereocenters. The summed E-state index contributed by atoms with van der Waals surface area (Å²) in [5, 5.41) is 4.34. The average Bonchev–Trinajstić information content (AvgIpc) is 2.72. The Morgan fingerprint density at radius 3 is 2.29 bits per heavy atom. The van der Waals surface area contributed by atoms with E-state index in [9.17, 15) is 0 Å². The molecule has 0 atom stereocenters. The quantitative estimate of drug-likeness (QED) is 0.391. The Kier molecular flexibility index (Phi) is 3.68. The first kappa shape index (κ1) is 15.1. The van der Waals surface area contributed by atoms with Crippen LogP contribution in [0.25, 0.3) is 21.8 Å². The Hall–Kier alpha value is -0.813. The fraction of sp³-hybridized carbons (Fsp3) is 0.333. The molecule has 0 bridgehead atoms. The minimum Gasteiger partial charge on any atom is -0.335 e. The molecule has 3 aromatic rings. The number of fused-ring (bicyclic) bond motifs is 3. The van der Waals surface area contributed by atoms with E-state index in [2.05, 4.69) is 97.4 Å². The van der Waals surface area contributed by atoms with Crippen LogP contribution < -0.4 is 5.19 Å². The topological polar surface area (TPSA) is 4.93 Å². The maximum absolute atomic E-state index is 2.54. The van der Waals surface area contributed by atoms with Crippen LogP contribution in [0.4, 0.5) is 0 Å². The van der Waals surface area contributed by atoms with Gasteiger partial charge < -0.3 is 4.57 Å². The van der Waals surface area contributed by atoms with Crippen molar-refractivity contribution in [3.8, 4) is 0 Å². The van der Waals surface area contributed by atoms with Crippen molar-refractivity contribution in [3.05, 3.63) is 40.0 Å². The van der Waals surface area contributed by atoms with Crippen molar-refractivity contribution < 1.29 is 0 Å². The fourth-order valence-electron chi connectivity index (χ4n) is 3.14. The lowest BCUT2D eigenvalue weighted by atomic mass is 10.1. The van der Waals surface area contributed by atoms with Crippen molar-refractivity contribution in [3.63, 3.8) is 0 Å². The molecule has 2 aromatic carbocycles. The Morgan fingerprint density at radius 1 is 1.00 bits per heavy atom. The van der Waals surface area contributed by atoms with Gasteiger partial charge >= 0.3 is 0 Å². The molecule has 1 nitrogen and oxygen atoms in total. The first-order chi connectivity index (χ1) is 9.80. The third kappa shape index (κ3) is 2.44. The highest BCUT2D eigenvalue weighted by Crippen LogP contribution is 2.34. The van der Waals surface area contributed by atoms with Crippen LogP contribution in [0, 0.1) is 3.57 Å². The summed E-state index contributed by atoms with van der Waals surface area (Å²) in [6.45, 7) is 11.7. The number of hydrogen-bond acceptors (Lipinski definition) is 0. The molecule has 0 aliphatic rings. The van der Waals surface area contributed by atoms with Gasteiger partial charge in [-0.15, -0.1) is 0 Å². The second-order valence-electron chi connectivity index (χ2n) is 6.87. The highest BCUT2D eigenvalue weighted by atomic mass is 127. The molecule has 1 radical (unpaired) electrons. The molecule has 0 amide bonds. The fourth-order valence-corrected chi connectivity index (χ4v) is 5.22. The van der Waals surface area contributed by atoms with Crippen LogP contribution in [0.3, 0.4) is 0 Å². The zero-order chi connectivity index (χ0) is 15.4. The van der Waals surface area contributed by atoms with Gasteiger partial charge in [0.25, 0.3) is 0 Å². The van der Waals surface area contributed by atoms with E-state index in [0.29, 0.717) is 0 Å². The maximum atomic E-state index is 2.54. The van der Waals surface area contributed by atoms with Crippen molar-refractivity contribution in [1.29, 1.82) is 0 Å². The molecule has 0 saturated heterocycles. The third-order valence-electron chi connectivity index (χ3n) is 3.94. The Morgan fingerprint density at radius 2 is 1.67 bits per heavy atom. The van der Waals surface area contributed by atoms with Crippen LogP contribution in [-0.2, 0) is 5.54 Å². The van der Waals surface area contributed by atoms with Gasteiger partial charge in [0.2, 0.25) is 0 Å².